The Bertz CT molecular complexity index is 1020. The fourth-order valence-corrected chi connectivity index (χ4v) is 5.01. The van der Waals surface area contributed by atoms with Crippen LogP contribution in [0.15, 0.2) is 47.8 Å². The van der Waals surface area contributed by atoms with Crippen LogP contribution in [0.4, 0.5) is 0 Å². The van der Waals surface area contributed by atoms with Crippen LogP contribution in [0.3, 0.4) is 0 Å². The minimum absolute atomic E-state index is 0.253. The highest BCUT2D eigenvalue weighted by molar-refractivity contribution is 7.71. The Morgan fingerprint density at radius 2 is 1.93 bits per heavy atom. The van der Waals surface area contributed by atoms with Gasteiger partial charge in [-0.1, -0.05) is 36.4 Å². The maximum Gasteiger partial charge on any atom is 0.219 e. The molecule has 4 rings (SSSR count). The van der Waals surface area contributed by atoms with Gasteiger partial charge in [0.25, 0.3) is 0 Å². The predicted octanol–water partition coefficient (Wildman–Crippen LogP) is 3.93. The lowest BCUT2D eigenvalue weighted by Crippen LogP contribution is -2.36. The monoisotopic (exact) mass is 441 g/mol. The van der Waals surface area contributed by atoms with Gasteiger partial charge in [-0.25, -0.2) is 4.68 Å². The standard InChI is InChI=1S/C22H27N5OS2/c23-20(28)10-13-26-21(19-7-4-14-30-19)24-27(22(26)29)16-25-11-8-18(9-12-25)15-17-5-2-1-3-6-17/h1-7,14,18H,8-13,15-16H2,(H2,23,28). The van der Waals surface area contributed by atoms with Gasteiger partial charge < -0.3 is 5.73 Å². The Labute approximate surface area is 185 Å². The first-order valence-corrected chi connectivity index (χ1v) is 11.6. The second-order valence-electron chi connectivity index (χ2n) is 7.84. The summed E-state index contributed by atoms with van der Waals surface area (Å²) in [4.78, 5) is 14.8. The molecule has 0 spiro atoms. The number of likely N-dealkylation sites (tertiary alicyclic amines) is 1. The molecule has 1 amide bonds. The highest BCUT2D eigenvalue weighted by Crippen LogP contribution is 2.25. The lowest BCUT2D eigenvalue weighted by atomic mass is 9.90. The summed E-state index contributed by atoms with van der Waals surface area (Å²) in [5.41, 5.74) is 6.79. The van der Waals surface area contributed by atoms with Gasteiger partial charge in [-0.3, -0.25) is 14.3 Å². The topological polar surface area (TPSA) is 69.1 Å². The summed E-state index contributed by atoms with van der Waals surface area (Å²) in [6.45, 7) is 3.23. The molecule has 1 aromatic carbocycles. The van der Waals surface area contributed by atoms with Crippen molar-refractivity contribution < 1.29 is 4.79 Å². The number of hydrogen-bond donors (Lipinski definition) is 1. The molecule has 0 atom stereocenters. The zero-order chi connectivity index (χ0) is 20.9. The number of amides is 1. The Kier molecular flexibility index (Phi) is 6.76. The van der Waals surface area contributed by atoms with Crippen molar-refractivity contribution in [3.63, 3.8) is 0 Å². The quantitative estimate of drug-likeness (QED) is 0.538. The van der Waals surface area contributed by atoms with Crippen molar-refractivity contribution in [2.75, 3.05) is 13.1 Å². The lowest BCUT2D eigenvalue weighted by Gasteiger charge is -2.31. The number of thiophene rings is 1. The molecule has 3 heterocycles. The molecule has 1 fully saturated rings. The van der Waals surface area contributed by atoms with Gasteiger partial charge in [0.05, 0.1) is 11.5 Å². The maximum atomic E-state index is 11.3. The predicted molar refractivity (Wildman–Crippen MR) is 123 cm³/mol. The van der Waals surface area contributed by atoms with Crippen LogP contribution in [-0.2, 0) is 24.4 Å². The van der Waals surface area contributed by atoms with Crippen molar-refractivity contribution in [1.29, 1.82) is 0 Å². The molecule has 0 aliphatic carbocycles. The van der Waals surface area contributed by atoms with Gasteiger partial charge >= 0.3 is 0 Å². The van der Waals surface area contributed by atoms with E-state index in [4.69, 9.17) is 23.1 Å². The van der Waals surface area contributed by atoms with E-state index in [1.54, 1.807) is 11.3 Å². The Morgan fingerprint density at radius 1 is 1.17 bits per heavy atom. The summed E-state index contributed by atoms with van der Waals surface area (Å²) >= 11 is 7.33. The van der Waals surface area contributed by atoms with Crippen LogP contribution in [-0.4, -0.2) is 38.2 Å². The Hall–Kier alpha value is -2.29. The largest absolute Gasteiger partial charge is 0.370 e. The molecule has 1 saturated heterocycles. The van der Waals surface area contributed by atoms with E-state index in [9.17, 15) is 4.79 Å². The number of carbonyl (C=O) groups is 1. The van der Waals surface area contributed by atoms with Crippen molar-refractivity contribution in [2.24, 2.45) is 11.7 Å². The molecule has 6 nitrogen and oxygen atoms in total. The maximum absolute atomic E-state index is 11.3. The molecule has 0 bridgehead atoms. The number of carbonyl (C=O) groups excluding carboxylic acids is 1. The number of primary amides is 1. The third-order valence-electron chi connectivity index (χ3n) is 5.65. The molecular weight excluding hydrogens is 414 g/mol. The minimum Gasteiger partial charge on any atom is -0.370 e. The van der Waals surface area contributed by atoms with Gasteiger partial charge in [-0.05, 0) is 54.4 Å². The average Bonchev–Trinajstić information content (AvgIpc) is 3.38. The summed E-state index contributed by atoms with van der Waals surface area (Å²) in [5, 5.41) is 6.82. The molecule has 158 valence electrons. The molecule has 8 heteroatoms. The fourth-order valence-electron chi connectivity index (χ4n) is 4.01. The van der Waals surface area contributed by atoms with Gasteiger partial charge in [0.1, 0.15) is 0 Å². The van der Waals surface area contributed by atoms with Crippen molar-refractivity contribution in [1.82, 2.24) is 19.2 Å². The van der Waals surface area contributed by atoms with Crippen molar-refractivity contribution in [3.8, 4) is 10.7 Å². The Morgan fingerprint density at radius 3 is 2.60 bits per heavy atom. The van der Waals surface area contributed by atoms with Crippen LogP contribution in [0.1, 0.15) is 24.8 Å². The first kappa shape index (κ1) is 21.0. The molecule has 0 radical (unpaired) electrons. The van der Waals surface area contributed by atoms with Crippen molar-refractivity contribution in [3.05, 3.63) is 58.2 Å². The van der Waals surface area contributed by atoms with E-state index < -0.39 is 0 Å². The van der Waals surface area contributed by atoms with E-state index in [0.717, 1.165) is 36.1 Å². The van der Waals surface area contributed by atoms with Crippen molar-refractivity contribution in [2.45, 2.75) is 38.9 Å². The molecule has 1 aliphatic heterocycles. The van der Waals surface area contributed by atoms with Crippen LogP contribution in [0, 0.1) is 10.7 Å². The number of hydrogen-bond acceptors (Lipinski definition) is 5. The van der Waals surface area contributed by atoms with Crippen LogP contribution in [0.2, 0.25) is 0 Å². The van der Waals surface area contributed by atoms with Crippen LogP contribution >= 0.6 is 23.6 Å². The van der Waals surface area contributed by atoms with Gasteiger partial charge in [0, 0.05) is 26.1 Å². The molecule has 3 aromatic rings. The molecule has 1 aliphatic rings. The molecule has 30 heavy (non-hydrogen) atoms. The van der Waals surface area contributed by atoms with E-state index in [1.165, 1.54) is 18.4 Å². The highest BCUT2D eigenvalue weighted by atomic mass is 32.1. The number of piperidine rings is 1. The summed E-state index contributed by atoms with van der Waals surface area (Å²) < 4.78 is 4.47. The fraction of sp³-hybridized carbons (Fsp3) is 0.409. The first-order valence-electron chi connectivity index (χ1n) is 10.4. The third-order valence-corrected chi connectivity index (χ3v) is 6.95. The Balaban J connectivity index is 1.43. The average molecular weight is 442 g/mol. The zero-order valence-electron chi connectivity index (χ0n) is 16.9. The molecule has 2 aromatic heterocycles. The van der Waals surface area contributed by atoms with E-state index >= 15 is 0 Å². The van der Waals surface area contributed by atoms with Gasteiger partial charge in [0.2, 0.25) is 5.91 Å². The number of nitrogens with zero attached hydrogens (tertiary/aromatic N) is 4. The van der Waals surface area contributed by atoms with E-state index in [2.05, 4.69) is 35.2 Å². The minimum atomic E-state index is -0.331. The van der Waals surface area contributed by atoms with E-state index in [-0.39, 0.29) is 12.3 Å². The van der Waals surface area contributed by atoms with Crippen molar-refractivity contribution >= 4 is 29.5 Å². The van der Waals surface area contributed by atoms with Gasteiger partial charge in [-0.2, -0.15) is 0 Å². The van der Waals surface area contributed by atoms with Crippen LogP contribution in [0.25, 0.3) is 10.7 Å². The summed E-state index contributed by atoms with van der Waals surface area (Å²) in [6, 6.07) is 14.8. The SMILES string of the molecule is NC(=O)CCn1c(-c2cccs2)nn(CN2CCC(Cc3ccccc3)CC2)c1=S. The number of nitrogens with two attached hydrogens (primary N) is 1. The zero-order valence-corrected chi connectivity index (χ0v) is 18.6. The lowest BCUT2D eigenvalue weighted by molar-refractivity contribution is -0.118. The van der Waals surface area contributed by atoms with Crippen LogP contribution < -0.4 is 5.73 Å². The van der Waals surface area contributed by atoms with E-state index in [0.29, 0.717) is 18.0 Å². The summed E-state index contributed by atoms with van der Waals surface area (Å²) in [5.74, 6) is 1.21. The molecule has 0 unspecified atom stereocenters. The number of aromatic nitrogens is 3. The van der Waals surface area contributed by atoms with Gasteiger partial charge in [-0.15, -0.1) is 16.4 Å². The normalized spacial score (nSPS) is 15.5. The molecule has 2 N–H and O–H groups in total. The van der Waals surface area contributed by atoms with E-state index in [1.807, 2.05) is 26.8 Å². The molecule has 0 saturated carbocycles. The summed E-state index contributed by atoms with van der Waals surface area (Å²) in [7, 11) is 0. The summed E-state index contributed by atoms with van der Waals surface area (Å²) in [6.07, 6.45) is 3.77. The van der Waals surface area contributed by atoms with Gasteiger partial charge in [0.15, 0.2) is 10.6 Å². The highest BCUT2D eigenvalue weighted by Gasteiger charge is 2.21. The van der Waals surface area contributed by atoms with Crippen LogP contribution in [0.5, 0.6) is 0 Å². The first-order chi connectivity index (χ1) is 14.6. The third kappa shape index (κ3) is 5.06. The number of rotatable bonds is 8. The smallest absolute Gasteiger partial charge is 0.219 e. The second kappa shape index (κ2) is 9.68. The molecular formula is C22H27N5OS2. The second-order valence-corrected chi connectivity index (χ2v) is 9.16. The number of benzene rings is 1.